The molecule has 92 valence electrons. The van der Waals surface area contributed by atoms with Crippen molar-refractivity contribution < 1.29 is 4.42 Å². The minimum atomic E-state index is 0.690. The van der Waals surface area contributed by atoms with Gasteiger partial charge in [0.25, 0.3) is 0 Å². The van der Waals surface area contributed by atoms with Crippen molar-refractivity contribution in [2.45, 2.75) is 0 Å². The van der Waals surface area contributed by atoms with Crippen molar-refractivity contribution in [3.8, 4) is 0 Å². The number of rotatable bonds is 4. The first-order valence-corrected chi connectivity index (χ1v) is 5.63. The van der Waals surface area contributed by atoms with Crippen LogP contribution in [-0.2, 0) is 0 Å². The van der Waals surface area contributed by atoms with Gasteiger partial charge in [-0.25, -0.2) is 0 Å². The van der Waals surface area contributed by atoms with E-state index in [0.717, 1.165) is 11.3 Å². The summed E-state index contributed by atoms with van der Waals surface area (Å²) in [7, 11) is 4.02. The molecule has 0 aliphatic rings. The lowest BCUT2D eigenvalue weighted by Crippen LogP contribution is -2.08. The minimum absolute atomic E-state index is 0.690. The van der Waals surface area contributed by atoms with E-state index in [-0.39, 0.29) is 0 Å². The molecule has 0 unspecified atom stereocenters. The molecule has 0 N–H and O–H groups in total. The Bertz CT molecular complexity index is 525. The van der Waals surface area contributed by atoms with Crippen molar-refractivity contribution in [1.82, 2.24) is 0 Å². The number of nitrogens with zero attached hydrogens (tertiary/aromatic N) is 3. The lowest BCUT2D eigenvalue weighted by atomic mass is 10.2. The zero-order valence-corrected chi connectivity index (χ0v) is 10.4. The zero-order chi connectivity index (χ0) is 12.8. The van der Waals surface area contributed by atoms with Crippen LogP contribution in [0, 0.1) is 0 Å². The molecule has 0 aliphatic heterocycles. The van der Waals surface area contributed by atoms with Gasteiger partial charge < -0.3 is 9.32 Å². The molecule has 1 aromatic carbocycles. The van der Waals surface area contributed by atoms with Crippen LogP contribution in [0.2, 0.25) is 0 Å². The molecule has 0 saturated carbocycles. The Hall–Kier alpha value is -2.36. The molecule has 4 heteroatoms. The van der Waals surface area contributed by atoms with E-state index in [2.05, 4.69) is 15.1 Å². The van der Waals surface area contributed by atoms with Crippen LogP contribution in [0.15, 0.2) is 57.3 Å². The number of anilines is 1. The lowest BCUT2D eigenvalue weighted by molar-refractivity contribution is 0.560. The van der Waals surface area contributed by atoms with E-state index in [1.165, 1.54) is 0 Å². The Labute approximate surface area is 106 Å². The summed E-state index contributed by atoms with van der Waals surface area (Å²) in [4.78, 5) is 2.05. The third-order valence-corrected chi connectivity index (χ3v) is 2.41. The molecule has 0 fully saturated rings. The van der Waals surface area contributed by atoms with Gasteiger partial charge in [-0.1, -0.05) is 12.1 Å². The van der Waals surface area contributed by atoms with Crippen molar-refractivity contribution in [3.63, 3.8) is 0 Å². The van der Waals surface area contributed by atoms with Gasteiger partial charge in [-0.2, -0.15) is 10.2 Å². The van der Waals surface area contributed by atoms with Crippen molar-refractivity contribution >= 4 is 18.1 Å². The first-order valence-electron chi connectivity index (χ1n) is 5.63. The van der Waals surface area contributed by atoms with Crippen LogP contribution in [0.4, 0.5) is 5.69 Å². The van der Waals surface area contributed by atoms with Gasteiger partial charge in [-0.05, 0) is 29.8 Å². The molecule has 2 rings (SSSR count). The van der Waals surface area contributed by atoms with Crippen LogP contribution in [0.3, 0.4) is 0 Å². The predicted octanol–water partition coefficient (Wildman–Crippen LogP) is 2.80. The maximum absolute atomic E-state index is 5.10. The van der Waals surface area contributed by atoms with Crippen LogP contribution >= 0.6 is 0 Å². The molecule has 1 aromatic heterocycles. The molecular weight excluding hydrogens is 226 g/mol. The molecule has 1 heterocycles. The normalized spacial score (nSPS) is 11.4. The third kappa shape index (κ3) is 3.31. The summed E-state index contributed by atoms with van der Waals surface area (Å²) >= 11 is 0. The fraction of sp³-hybridized carbons (Fsp3) is 0.143. The van der Waals surface area contributed by atoms with Gasteiger partial charge >= 0.3 is 0 Å². The van der Waals surface area contributed by atoms with Crippen molar-refractivity contribution in [3.05, 3.63) is 54.0 Å². The van der Waals surface area contributed by atoms with E-state index in [4.69, 9.17) is 4.42 Å². The van der Waals surface area contributed by atoms with E-state index in [0.29, 0.717) is 5.76 Å². The molecule has 0 atom stereocenters. The lowest BCUT2D eigenvalue weighted by Gasteiger charge is -2.11. The minimum Gasteiger partial charge on any atom is -0.463 e. The van der Waals surface area contributed by atoms with Crippen LogP contribution in [0.25, 0.3) is 0 Å². The largest absolute Gasteiger partial charge is 0.463 e. The SMILES string of the molecule is CN(C)c1ccc(/C=N\N=C/c2ccco2)cc1. The molecule has 18 heavy (non-hydrogen) atoms. The fourth-order valence-electron chi connectivity index (χ4n) is 1.41. The summed E-state index contributed by atoms with van der Waals surface area (Å²) in [5, 5.41) is 7.87. The van der Waals surface area contributed by atoms with Crippen LogP contribution < -0.4 is 4.90 Å². The fourth-order valence-corrected chi connectivity index (χ4v) is 1.41. The molecule has 0 amide bonds. The van der Waals surface area contributed by atoms with E-state index in [9.17, 15) is 0 Å². The average Bonchev–Trinajstić information content (AvgIpc) is 2.88. The summed E-state index contributed by atoms with van der Waals surface area (Å²) in [6, 6.07) is 11.7. The van der Waals surface area contributed by atoms with Gasteiger partial charge in [0.2, 0.25) is 0 Å². The number of furan rings is 1. The summed E-state index contributed by atoms with van der Waals surface area (Å²) in [6.07, 6.45) is 4.88. The first-order chi connectivity index (χ1) is 8.75. The Morgan fingerprint density at radius 2 is 1.72 bits per heavy atom. The van der Waals surface area contributed by atoms with Crippen molar-refractivity contribution in [2.24, 2.45) is 10.2 Å². The highest BCUT2D eigenvalue weighted by Gasteiger charge is 1.93. The Kier molecular flexibility index (Phi) is 3.91. The van der Waals surface area contributed by atoms with Crippen molar-refractivity contribution in [2.75, 3.05) is 19.0 Å². The van der Waals surface area contributed by atoms with Crippen LogP contribution in [0.1, 0.15) is 11.3 Å². The number of benzene rings is 1. The summed E-state index contributed by atoms with van der Waals surface area (Å²) < 4.78 is 5.10. The Morgan fingerprint density at radius 1 is 1.00 bits per heavy atom. The van der Waals surface area contributed by atoms with E-state index >= 15 is 0 Å². The standard InChI is InChI=1S/C14H15N3O/c1-17(2)13-7-5-12(6-8-13)10-15-16-11-14-4-3-9-18-14/h3-11H,1-2H3/b15-10-,16-11-. The number of hydrogen-bond acceptors (Lipinski definition) is 4. The summed E-state index contributed by atoms with van der Waals surface area (Å²) in [6.45, 7) is 0. The molecular formula is C14H15N3O. The first kappa shape index (κ1) is 12.1. The van der Waals surface area contributed by atoms with Gasteiger partial charge in [0.15, 0.2) is 0 Å². The molecule has 0 aliphatic carbocycles. The summed E-state index contributed by atoms with van der Waals surface area (Å²) in [5.41, 5.74) is 2.17. The molecule has 0 radical (unpaired) electrons. The predicted molar refractivity (Wildman–Crippen MR) is 74.7 cm³/mol. The second-order valence-electron chi connectivity index (χ2n) is 3.99. The molecule has 2 aromatic rings. The van der Waals surface area contributed by atoms with Gasteiger partial charge in [0, 0.05) is 19.8 Å². The Morgan fingerprint density at radius 3 is 2.33 bits per heavy atom. The maximum atomic E-state index is 5.10. The third-order valence-electron chi connectivity index (χ3n) is 2.41. The molecule has 0 spiro atoms. The van der Waals surface area contributed by atoms with Gasteiger partial charge in [0.1, 0.15) is 5.76 Å². The molecule has 0 bridgehead atoms. The van der Waals surface area contributed by atoms with Gasteiger partial charge in [-0.3, -0.25) is 0 Å². The highest BCUT2D eigenvalue weighted by molar-refractivity contribution is 5.81. The molecule has 4 nitrogen and oxygen atoms in total. The van der Waals surface area contributed by atoms with Gasteiger partial charge in [-0.15, -0.1) is 0 Å². The topological polar surface area (TPSA) is 41.1 Å². The second-order valence-corrected chi connectivity index (χ2v) is 3.99. The smallest absolute Gasteiger partial charge is 0.146 e. The van der Waals surface area contributed by atoms with E-state index in [1.54, 1.807) is 18.7 Å². The summed E-state index contributed by atoms with van der Waals surface area (Å²) in [5.74, 6) is 0.690. The van der Waals surface area contributed by atoms with Crippen molar-refractivity contribution in [1.29, 1.82) is 0 Å². The monoisotopic (exact) mass is 241 g/mol. The quantitative estimate of drug-likeness (QED) is 0.610. The van der Waals surface area contributed by atoms with E-state index < -0.39 is 0 Å². The average molecular weight is 241 g/mol. The second kappa shape index (κ2) is 5.82. The highest BCUT2D eigenvalue weighted by atomic mass is 16.3. The molecule has 0 saturated heterocycles. The van der Waals surface area contributed by atoms with Gasteiger partial charge in [0.05, 0.1) is 18.7 Å². The van der Waals surface area contributed by atoms with Crippen LogP contribution in [0.5, 0.6) is 0 Å². The highest BCUT2D eigenvalue weighted by Crippen LogP contribution is 2.10. The maximum Gasteiger partial charge on any atom is 0.146 e. The number of hydrogen-bond donors (Lipinski definition) is 0. The van der Waals surface area contributed by atoms with E-state index in [1.807, 2.05) is 50.5 Å². The Balaban J connectivity index is 1.97. The van der Waals surface area contributed by atoms with Crippen LogP contribution in [-0.4, -0.2) is 26.5 Å². The zero-order valence-electron chi connectivity index (χ0n) is 10.4.